The highest BCUT2D eigenvalue weighted by Gasteiger charge is 2.22. The minimum Gasteiger partial charge on any atom is -0.459 e. The Balaban J connectivity index is 2.01. The van der Waals surface area contributed by atoms with Crippen molar-refractivity contribution in [2.24, 2.45) is 0 Å². The molecule has 1 aromatic heterocycles. The zero-order valence-corrected chi connectivity index (χ0v) is 11.5. The topological polar surface area (TPSA) is 42.4 Å². The fourth-order valence-corrected chi connectivity index (χ4v) is 2.23. The summed E-state index contributed by atoms with van der Waals surface area (Å²) < 4.78 is 5.43. The van der Waals surface area contributed by atoms with Crippen LogP contribution in [-0.2, 0) is 4.74 Å². The van der Waals surface area contributed by atoms with Crippen molar-refractivity contribution in [3.05, 3.63) is 28.0 Å². The fourth-order valence-electron chi connectivity index (χ4n) is 1.89. The molecule has 0 atom stereocenters. The molecular weight excluding hydrogens is 275 g/mol. The molecule has 2 rings (SSSR count). The molecule has 0 unspecified atom stereocenters. The zero-order chi connectivity index (χ0) is 13.1. The zero-order valence-electron chi connectivity index (χ0n) is 10.0. The number of rotatable bonds is 2. The van der Waals surface area contributed by atoms with Gasteiger partial charge in [-0.25, -0.2) is 9.78 Å². The summed E-state index contributed by atoms with van der Waals surface area (Å²) in [7, 11) is 2.05. The summed E-state index contributed by atoms with van der Waals surface area (Å²) in [6, 6.07) is 1.43. The smallest absolute Gasteiger partial charge is 0.340 e. The van der Waals surface area contributed by atoms with Gasteiger partial charge >= 0.3 is 5.97 Å². The SMILES string of the molecule is CN1CCC(OC(=O)c2cc(Cl)ncc2Cl)CC1. The van der Waals surface area contributed by atoms with E-state index >= 15 is 0 Å². The van der Waals surface area contributed by atoms with E-state index in [0.29, 0.717) is 0 Å². The van der Waals surface area contributed by atoms with Crippen LogP contribution in [0.3, 0.4) is 0 Å². The first-order valence-electron chi connectivity index (χ1n) is 5.77. The van der Waals surface area contributed by atoms with Crippen molar-refractivity contribution in [2.45, 2.75) is 18.9 Å². The van der Waals surface area contributed by atoms with Crippen LogP contribution in [-0.4, -0.2) is 42.1 Å². The van der Waals surface area contributed by atoms with E-state index in [2.05, 4.69) is 16.9 Å². The number of likely N-dealkylation sites (tertiary alicyclic amines) is 1. The summed E-state index contributed by atoms with van der Waals surface area (Å²) in [4.78, 5) is 18.0. The number of pyridine rings is 1. The summed E-state index contributed by atoms with van der Waals surface area (Å²) in [5.74, 6) is -0.432. The molecule has 0 aliphatic carbocycles. The monoisotopic (exact) mass is 288 g/mol. The highest BCUT2D eigenvalue weighted by molar-refractivity contribution is 6.34. The lowest BCUT2D eigenvalue weighted by atomic mass is 10.1. The predicted molar refractivity (Wildman–Crippen MR) is 70.2 cm³/mol. The molecule has 18 heavy (non-hydrogen) atoms. The van der Waals surface area contributed by atoms with Crippen LogP contribution in [0.15, 0.2) is 12.3 Å². The van der Waals surface area contributed by atoms with Gasteiger partial charge in [0, 0.05) is 19.3 Å². The lowest BCUT2D eigenvalue weighted by Gasteiger charge is -2.28. The molecule has 1 saturated heterocycles. The predicted octanol–water partition coefficient (Wildman–Crippen LogP) is 2.64. The van der Waals surface area contributed by atoms with Gasteiger partial charge in [0.2, 0.25) is 0 Å². The Morgan fingerprint density at radius 1 is 1.44 bits per heavy atom. The van der Waals surface area contributed by atoms with Crippen molar-refractivity contribution >= 4 is 29.2 Å². The normalized spacial score (nSPS) is 17.7. The first kappa shape index (κ1) is 13.6. The molecular formula is C12H14Cl2N2O2. The van der Waals surface area contributed by atoms with Crippen LogP contribution in [0.2, 0.25) is 10.2 Å². The third kappa shape index (κ3) is 3.34. The molecule has 0 radical (unpaired) electrons. The van der Waals surface area contributed by atoms with Gasteiger partial charge in [-0.05, 0) is 26.0 Å². The second kappa shape index (κ2) is 5.87. The Bertz CT molecular complexity index is 446. The maximum absolute atomic E-state index is 12.0. The molecule has 0 amide bonds. The van der Waals surface area contributed by atoms with Crippen LogP contribution in [0.4, 0.5) is 0 Å². The number of piperidine rings is 1. The third-order valence-corrected chi connectivity index (χ3v) is 3.49. The minimum atomic E-state index is -0.432. The summed E-state index contributed by atoms with van der Waals surface area (Å²) in [5, 5.41) is 0.493. The molecule has 0 saturated carbocycles. The van der Waals surface area contributed by atoms with Gasteiger partial charge < -0.3 is 9.64 Å². The average molecular weight is 289 g/mol. The number of carbonyl (C=O) groups excluding carboxylic acids is 1. The van der Waals surface area contributed by atoms with Crippen molar-refractivity contribution in [1.82, 2.24) is 9.88 Å². The lowest BCUT2D eigenvalue weighted by Crippen LogP contribution is -2.35. The molecule has 1 aliphatic heterocycles. The molecule has 6 heteroatoms. The highest BCUT2D eigenvalue weighted by atomic mass is 35.5. The molecule has 0 N–H and O–H groups in total. The molecule has 0 aromatic carbocycles. The van der Waals surface area contributed by atoms with Crippen LogP contribution < -0.4 is 0 Å². The average Bonchev–Trinajstić information content (AvgIpc) is 2.35. The van der Waals surface area contributed by atoms with Gasteiger partial charge in [0.15, 0.2) is 0 Å². The van der Waals surface area contributed by atoms with E-state index < -0.39 is 5.97 Å². The molecule has 0 bridgehead atoms. The van der Waals surface area contributed by atoms with E-state index in [4.69, 9.17) is 27.9 Å². The number of nitrogens with zero attached hydrogens (tertiary/aromatic N) is 2. The first-order valence-corrected chi connectivity index (χ1v) is 6.52. The van der Waals surface area contributed by atoms with Gasteiger partial charge in [-0.2, -0.15) is 0 Å². The lowest BCUT2D eigenvalue weighted by molar-refractivity contribution is 0.0139. The largest absolute Gasteiger partial charge is 0.459 e. The van der Waals surface area contributed by atoms with E-state index in [1.165, 1.54) is 12.3 Å². The Kier molecular flexibility index (Phi) is 4.43. The van der Waals surface area contributed by atoms with Crippen LogP contribution in [0.1, 0.15) is 23.2 Å². The molecule has 1 fully saturated rings. The summed E-state index contributed by atoms with van der Waals surface area (Å²) in [6.07, 6.45) is 3.00. The maximum atomic E-state index is 12.0. The van der Waals surface area contributed by atoms with E-state index in [9.17, 15) is 4.79 Å². The number of hydrogen-bond acceptors (Lipinski definition) is 4. The van der Waals surface area contributed by atoms with Gasteiger partial charge in [0.25, 0.3) is 0 Å². The molecule has 0 spiro atoms. The maximum Gasteiger partial charge on any atom is 0.340 e. The number of ether oxygens (including phenoxy) is 1. The number of aromatic nitrogens is 1. The van der Waals surface area contributed by atoms with Crippen molar-refractivity contribution < 1.29 is 9.53 Å². The van der Waals surface area contributed by atoms with E-state index in [1.54, 1.807) is 0 Å². The molecule has 4 nitrogen and oxygen atoms in total. The first-order chi connectivity index (χ1) is 8.56. The Hall–Kier alpha value is -0.840. The molecule has 1 aromatic rings. The molecule has 98 valence electrons. The summed E-state index contributed by atoms with van der Waals surface area (Å²) >= 11 is 11.6. The fraction of sp³-hybridized carbons (Fsp3) is 0.500. The quantitative estimate of drug-likeness (QED) is 0.620. The summed E-state index contributed by atoms with van der Waals surface area (Å²) in [5.41, 5.74) is 0.274. The number of hydrogen-bond donors (Lipinski definition) is 0. The Labute approximate surface area is 116 Å². The molecule has 2 heterocycles. The van der Waals surface area contributed by atoms with Crippen LogP contribution in [0.5, 0.6) is 0 Å². The minimum absolute atomic E-state index is 0.0447. The standard InChI is InChI=1S/C12H14Cl2N2O2/c1-16-4-2-8(3-5-16)18-12(17)9-6-11(14)15-7-10(9)13/h6-8H,2-5H2,1H3. The number of halogens is 2. The van der Waals surface area contributed by atoms with Crippen LogP contribution in [0.25, 0.3) is 0 Å². The third-order valence-electron chi connectivity index (χ3n) is 2.98. The van der Waals surface area contributed by atoms with Gasteiger partial charge in [0.1, 0.15) is 11.3 Å². The number of esters is 1. The number of carbonyl (C=O) groups is 1. The Morgan fingerprint density at radius 2 is 2.11 bits per heavy atom. The highest BCUT2D eigenvalue weighted by Crippen LogP contribution is 2.21. The molecule has 1 aliphatic rings. The van der Waals surface area contributed by atoms with Crippen LogP contribution >= 0.6 is 23.2 Å². The van der Waals surface area contributed by atoms with Gasteiger partial charge in [0.05, 0.1) is 10.6 Å². The summed E-state index contributed by atoms with van der Waals surface area (Å²) in [6.45, 7) is 1.87. The van der Waals surface area contributed by atoms with E-state index in [-0.39, 0.29) is 21.8 Å². The van der Waals surface area contributed by atoms with Crippen molar-refractivity contribution in [3.8, 4) is 0 Å². The van der Waals surface area contributed by atoms with Crippen LogP contribution in [0, 0.1) is 0 Å². The second-order valence-corrected chi connectivity index (χ2v) is 5.19. The Morgan fingerprint density at radius 3 is 2.78 bits per heavy atom. The van der Waals surface area contributed by atoms with Crippen molar-refractivity contribution in [3.63, 3.8) is 0 Å². The van der Waals surface area contributed by atoms with E-state index in [0.717, 1.165) is 25.9 Å². The van der Waals surface area contributed by atoms with E-state index in [1.807, 2.05) is 0 Å². The van der Waals surface area contributed by atoms with Crippen molar-refractivity contribution in [1.29, 1.82) is 0 Å². The van der Waals surface area contributed by atoms with Crippen molar-refractivity contribution in [2.75, 3.05) is 20.1 Å². The van der Waals surface area contributed by atoms with Gasteiger partial charge in [-0.3, -0.25) is 0 Å². The second-order valence-electron chi connectivity index (χ2n) is 4.39. The van der Waals surface area contributed by atoms with Gasteiger partial charge in [-0.1, -0.05) is 23.2 Å². The van der Waals surface area contributed by atoms with Gasteiger partial charge in [-0.15, -0.1) is 0 Å².